The van der Waals surface area contributed by atoms with E-state index in [4.69, 9.17) is 0 Å². The van der Waals surface area contributed by atoms with Gasteiger partial charge in [-0.3, -0.25) is 19.7 Å². The molecule has 1 aromatic carbocycles. The Balaban J connectivity index is 1.32. The Labute approximate surface area is 171 Å². The standard InChI is InChI=1S/C20H23F3N4O3/c21-20(22,23)13-6-14(25-8-13)9-24-7-11-1-2-15-12(5-11)10-27(19(15)30)16-3-4-17(28)26-18(16)29/h1-2,5,13-14,16,24-25H,3-4,6-10H2,(H,26,28,29)/t13-,14-,16?/m0/s1. The highest BCUT2D eigenvalue weighted by Gasteiger charge is 2.44. The zero-order valence-corrected chi connectivity index (χ0v) is 16.2. The van der Waals surface area contributed by atoms with E-state index in [2.05, 4.69) is 16.0 Å². The molecule has 3 aliphatic rings. The minimum atomic E-state index is -4.16. The molecule has 0 spiro atoms. The van der Waals surface area contributed by atoms with Crippen LogP contribution in [0.5, 0.6) is 0 Å². The number of imide groups is 1. The molecule has 4 rings (SSSR count). The molecule has 3 amide bonds. The molecule has 10 heteroatoms. The predicted octanol–water partition coefficient (Wildman–Crippen LogP) is 1.08. The lowest BCUT2D eigenvalue weighted by Crippen LogP contribution is -2.52. The maximum absolute atomic E-state index is 12.8. The van der Waals surface area contributed by atoms with E-state index < -0.39 is 24.0 Å². The summed E-state index contributed by atoms with van der Waals surface area (Å²) < 4.78 is 38.3. The van der Waals surface area contributed by atoms with Crippen LogP contribution >= 0.6 is 0 Å². The average molecular weight is 424 g/mol. The molecule has 0 radical (unpaired) electrons. The largest absolute Gasteiger partial charge is 0.393 e. The molecule has 2 saturated heterocycles. The molecule has 1 unspecified atom stereocenters. The summed E-state index contributed by atoms with van der Waals surface area (Å²) in [4.78, 5) is 37.6. The lowest BCUT2D eigenvalue weighted by molar-refractivity contribution is -0.169. The lowest BCUT2D eigenvalue weighted by Gasteiger charge is -2.29. The van der Waals surface area contributed by atoms with Crippen LogP contribution in [0.3, 0.4) is 0 Å². The summed E-state index contributed by atoms with van der Waals surface area (Å²) in [5.41, 5.74) is 2.26. The smallest absolute Gasteiger partial charge is 0.322 e. The van der Waals surface area contributed by atoms with Crippen LogP contribution in [0.25, 0.3) is 0 Å². The van der Waals surface area contributed by atoms with Crippen LogP contribution in [0.2, 0.25) is 0 Å². The van der Waals surface area contributed by atoms with Gasteiger partial charge in [0.15, 0.2) is 0 Å². The summed E-state index contributed by atoms with van der Waals surface area (Å²) in [5, 5.41) is 8.35. The van der Waals surface area contributed by atoms with Gasteiger partial charge in [-0.25, -0.2) is 0 Å². The summed E-state index contributed by atoms with van der Waals surface area (Å²) >= 11 is 0. The fourth-order valence-corrected chi connectivity index (χ4v) is 4.35. The summed E-state index contributed by atoms with van der Waals surface area (Å²) in [6.07, 6.45) is -3.58. The van der Waals surface area contributed by atoms with Gasteiger partial charge in [0.25, 0.3) is 5.91 Å². The number of piperidine rings is 1. The van der Waals surface area contributed by atoms with Crippen molar-refractivity contribution >= 4 is 17.7 Å². The van der Waals surface area contributed by atoms with Crippen molar-refractivity contribution in [3.05, 3.63) is 34.9 Å². The molecule has 0 aromatic heterocycles. The number of fused-ring (bicyclic) bond motifs is 1. The van der Waals surface area contributed by atoms with E-state index in [0.717, 1.165) is 11.1 Å². The molecule has 2 fully saturated rings. The first-order valence-electron chi connectivity index (χ1n) is 9.99. The normalized spacial score (nSPS) is 26.8. The molecule has 0 saturated carbocycles. The van der Waals surface area contributed by atoms with Gasteiger partial charge in [0, 0.05) is 44.2 Å². The zero-order valence-electron chi connectivity index (χ0n) is 16.2. The van der Waals surface area contributed by atoms with Crippen LogP contribution in [0, 0.1) is 5.92 Å². The molecule has 3 aliphatic heterocycles. The van der Waals surface area contributed by atoms with Gasteiger partial charge in [-0.15, -0.1) is 0 Å². The highest BCUT2D eigenvalue weighted by molar-refractivity contribution is 6.05. The lowest BCUT2D eigenvalue weighted by atomic mass is 10.0. The van der Waals surface area contributed by atoms with Gasteiger partial charge in [0.1, 0.15) is 6.04 Å². The number of benzene rings is 1. The molecule has 7 nitrogen and oxygen atoms in total. The second kappa shape index (κ2) is 7.99. The first kappa shape index (κ1) is 20.8. The van der Waals surface area contributed by atoms with Crippen molar-refractivity contribution in [1.29, 1.82) is 0 Å². The number of rotatable bonds is 5. The van der Waals surface area contributed by atoms with Gasteiger partial charge in [-0.05, 0) is 30.0 Å². The van der Waals surface area contributed by atoms with E-state index in [1.165, 1.54) is 4.90 Å². The monoisotopic (exact) mass is 424 g/mol. The number of hydrogen-bond donors (Lipinski definition) is 3. The SMILES string of the molecule is O=C1CCC(N2Cc3cc(CNC[C@@H]4C[C@H](C(F)(F)F)CN4)ccc3C2=O)C(=O)N1. The minimum absolute atomic E-state index is 0.0486. The number of alkyl halides is 3. The van der Waals surface area contributed by atoms with Crippen molar-refractivity contribution in [3.8, 4) is 0 Å². The van der Waals surface area contributed by atoms with E-state index >= 15 is 0 Å². The zero-order chi connectivity index (χ0) is 21.5. The number of amides is 3. The topological polar surface area (TPSA) is 90.5 Å². The maximum Gasteiger partial charge on any atom is 0.393 e. The van der Waals surface area contributed by atoms with Crippen molar-refractivity contribution in [3.63, 3.8) is 0 Å². The third-order valence-electron chi connectivity index (χ3n) is 5.99. The molecule has 3 atom stereocenters. The summed E-state index contributed by atoms with van der Waals surface area (Å²) in [5.74, 6) is -2.30. The summed E-state index contributed by atoms with van der Waals surface area (Å²) in [7, 11) is 0. The summed E-state index contributed by atoms with van der Waals surface area (Å²) in [6, 6.07) is 4.52. The quantitative estimate of drug-likeness (QED) is 0.616. The van der Waals surface area contributed by atoms with Crippen molar-refractivity contribution in [2.75, 3.05) is 13.1 Å². The highest BCUT2D eigenvalue weighted by Crippen LogP contribution is 2.32. The van der Waals surface area contributed by atoms with Crippen LogP contribution in [0.1, 0.15) is 40.7 Å². The Morgan fingerprint density at radius 2 is 2.00 bits per heavy atom. The molecule has 0 bridgehead atoms. The third-order valence-corrected chi connectivity index (χ3v) is 5.99. The Bertz CT molecular complexity index is 873. The molecule has 162 valence electrons. The molecular formula is C20H23F3N4O3. The van der Waals surface area contributed by atoms with Gasteiger partial charge in [-0.2, -0.15) is 13.2 Å². The molecule has 30 heavy (non-hydrogen) atoms. The molecule has 1 aromatic rings. The molecule has 3 heterocycles. The van der Waals surface area contributed by atoms with Gasteiger partial charge in [0.2, 0.25) is 11.8 Å². The molecule has 0 aliphatic carbocycles. The van der Waals surface area contributed by atoms with E-state index in [9.17, 15) is 27.6 Å². The van der Waals surface area contributed by atoms with Crippen LogP contribution in [0.4, 0.5) is 13.2 Å². The van der Waals surface area contributed by atoms with Crippen molar-refractivity contribution in [2.45, 2.75) is 50.6 Å². The van der Waals surface area contributed by atoms with Crippen LogP contribution in [-0.2, 0) is 22.7 Å². The molecule has 3 N–H and O–H groups in total. The number of hydrogen-bond acceptors (Lipinski definition) is 5. The third kappa shape index (κ3) is 4.20. The summed E-state index contributed by atoms with van der Waals surface area (Å²) in [6.45, 7) is 1.14. The highest BCUT2D eigenvalue weighted by atomic mass is 19.4. The van der Waals surface area contributed by atoms with Gasteiger partial charge < -0.3 is 15.5 Å². The first-order chi connectivity index (χ1) is 14.2. The minimum Gasteiger partial charge on any atom is -0.322 e. The number of nitrogens with one attached hydrogen (secondary N) is 3. The number of carbonyl (C=O) groups is 3. The average Bonchev–Trinajstić information content (AvgIpc) is 3.27. The van der Waals surface area contributed by atoms with Crippen molar-refractivity contribution < 1.29 is 27.6 Å². The van der Waals surface area contributed by atoms with Crippen LogP contribution in [0.15, 0.2) is 18.2 Å². The van der Waals surface area contributed by atoms with E-state index in [1.54, 1.807) is 12.1 Å². The Kier molecular flexibility index (Phi) is 5.54. The Morgan fingerprint density at radius 1 is 1.20 bits per heavy atom. The number of carbonyl (C=O) groups excluding carboxylic acids is 3. The van der Waals surface area contributed by atoms with E-state index in [1.807, 2.05) is 6.07 Å². The van der Waals surface area contributed by atoms with E-state index in [0.29, 0.717) is 31.6 Å². The Hall–Kier alpha value is -2.46. The fraction of sp³-hybridized carbons (Fsp3) is 0.550. The van der Waals surface area contributed by atoms with Crippen molar-refractivity contribution in [1.82, 2.24) is 20.9 Å². The van der Waals surface area contributed by atoms with Gasteiger partial charge in [0.05, 0.1) is 5.92 Å². The Morgan fingerprint density at radius 3 is 2.70 bits per heavy atom. The fourth-order valence-electron chi connectivity index (χ4n) is 4.35. The molecular weight excluding hydrogens is 401 g/mol. The number of nitrogens with zero attached hydrogens (tertiary/aromatic N) is 1. The van der Waals surface area contributed by atoms with Crippen molar-refractivity contribution in [2.24, 2.45) is 5.92 Å². The second-order valence-electron chi connectivity index (χ2n) is 8.10. The second-order valence-corrected chi connectivity index (χ2v) is 8.10. The maximum atomic E-state index is 12.8. The van der Waals surface area contributed by atoms with Crippen LogP contribution in [-0.4, -0.2) is 54.0 Å². The van der Waals surface area contributed by atoms with Gasteiger partial charge in [-0.1, -0.05) is 12.1 Å². The van der Waals surface area contributed by atoms with Gasteiger partial charge >= 0.3 is 6.18 Å². The predicted molar refractivity (Wildman–Crippen MR) is 100 cm³/mol. The first-order valence-corrected chi connectivity index (χ1v) is 9.99. The number of halogens is 3. The van der Waals surface area contributed by atoms with E-state index in [-0.39, 0.29) is 37.2 Å². The van der Waals surface area contributed by atoms with Crippen LogP contribution < -0.4 is 16.0 Å².